The first-order valence-corrected chi connectivity index (χ1v) is 6.68. The van der Waals surface area contributed by atoms with E-state index in [4.69, 9.17) is 0 Å². The van der Waals surface area contributed by atoms with E-state index in [0.29, 0.717) is 0 Å². The van der Waals surface area contributed by atoms with Gasteiger partial charge >= 0.3 is 0 Å². The van der Waals surface area contributed by atoms with Crippen molar-refractivity contribution in [1.82, 2.24) is 20.4 Å². The molecule has 5 nitrogen and oxygen atoms in total. The van der Waals surface area contributed by atoms with Gasteiger partial charge in [0.25, 0.3) is 0 Å². The van der Waals surface area contributed by atoms with E-state index in [-0.39, 0.29) is 11.9 Å². The van der Waals surface area contributed by atoms with Crippen LogP contribution in [0.5, 0.6) is 0 Å². The Bertz CT molecular complexity index is 245. The van der Waals surface area contributed by atoms with Crippen LogP contribution in [-0.2, 0) is 4.79 Å². The summed E-state index contributed by atoms with van der Waals surface area (Å²) in [6.45, 7) is 7.25. The van der Waals surface area contributed by atoms with Gasteiger partial charge in [0.15, 0.2) is 0 Å². The standard InChI is InChI=1S/C12H24N4O/c1-15-7-9-16(10-8-15)6-5-14-12(17)11-3-2-4-13-11/h11,13H,2-10H2,1H3,(H,14,17)/t11-/m0/s1. The molecular formula is C12H24N4O. The van der Waals surface area contributed by atoms with Crippen LogP contribution in [0.25, 0.3) is 0 Å². The monoisotopic (exact) mass is 240 g/mol. The number of carbonyl (C=O) groups is 1. The lowest BCUT2D eigenvalue weighted by Gasteiger charge is -2.32. The van der Waals surface area contributed by atoms with Crippen LogP contribution in [0.4, 0.5) is 0 Å². The van der Waals surface area contributed by atoms with E-state index in [1.807, 2.05) is 0 Å². The van der Waals surface area contributed by atoms with E-state index in [1.165, 1.54) is 0 Å². The van der Waals surface area contributed by atoms with E-state index in [1.54, 1.807) is 0 Å². The number of likely N-dealkylation sites (N-methyl/N-ethyl adjacent to an activating group) is 1. The SMILES string of the molecule is CN1CCN(CCNC(=O)[C@@H]2CCCN2)CC1. The molecule has 2 heterocycles. The van der Waals surface area contributed by atoms with Gasteiger partial charge in [0.2, 0.25) is 5.91 Å². The Labute approximate surface area is 104 Å². The number of hydrogen-bond donors (Lipinski definition) is 2. The summed E-state index contributed by atoms with van der Waals surface area (Å²) in [4.78, 5) is 16.5. The highest BCUT2D eigenvalue weighted by atomic mass is 16.2. The Morgan fingerprint density at radius 2 is 2.12 bits per heavy atom. The lowest BCUT2D eigenvalue weighted by atomic mass is 10.2. The molecule has 5 heteroatoms. The van der Waals surface area contributed by atoms with Crippen LogP contribution in [0.15, 0.2) is 0 Å². The second-order valence-corrected chi connectivity index (χ2v) is 5.08. The van der Waals surface area contributed by atoms with E-state index in [2.05, 4.69) is 27.5 Å². The lowest BCUT2D eigenvalue weighted by Crippen LogP contribution is -2.48. The summed E-state index contributed by atoms with van der Waals surface area (Å²) in [6.07, 6.45) is 2.11. The molecule has 2 N–H and O–H groups in total. The smallest absolute Gasteiger partial charge is 0.237 e. The Balaban J connectivity index is 1.57. The second kappa shape index (κ2) is 6.33. The molecular weight excluding hydrogens is 216 g/mol. The summed E-state index contributed by atoms with van der Waals surface area (Å²) >= 11 is 0. The van der Waals surface area contributed by atoms with Gasteiger partial charge in [-0.2, -0.15) is 0 Å². The molecule has 1 amide bonds. The number of amides is 1. The van der Waals surface area contributed by atoms with Gasteiger partial charge in [-0.1, -0.05) is 0 Å². The molecule has 0 bridgehead atoms. The summed E-state index contributed by atoms with van der Waals surface area (Å²) in [7, 11) is 2.16. The first-order chi connectivity index (χ1) is 8.25. The minimum Gasteiger partial charge on any atom is -0.353 e. The molecule has 2 saturated heterocycles. The van der Waals surface area contributed by atoms with Gasteiger partial charge < -0.3 is 15.5 Å². The topological polar surface area (TPSA) is 47.6 Å². The van der Waals surface area contributed by atoms with E-state index >= 15 is 0 Å². The molecule has 0 aromatic carbocycles. The number of carbonyl (C=O) groups excluding carboxylic acids is 1. The first-order valence-electron chi connectivity index (χ1n) is 6.68. The molecule has 98 valence electrons. The molecule has 1 atom stereocenters. The average molecular weight is 240 g/mol. The minimum absolute atomic E-state index is 0.0579. The Kier molecular flexibility index (Phi) is 4.76. The molecule has 17 heavy (non-hydrogen) atoms. The molecule has 0 spiro atoms. The maximum Gasteiger partial charge on any atom is 0.237 e. The fraction of sp³-hybridized carbons (Fsp3) is 0.917. The molecule has 2 rings (SSSR count). The van der Waals surface area contributed by atoms with Gasteiger partial charge in [-0.3, -0.25) is 9.69 Å². The molecule has 0 saturated carbocycles. The lowest BCUT2D eigenvalue weighted by molar-refractivity contribution is -0.122. The highest BCUT2D eigenvalue weighted by Crippen LogP contribution is 2.04. The van der Waals surface area contributed by atoms with Crippen LogP contribution >= 0.6 is 0 Å². The highest BCUT2D eigenvalue weighted by molar-refractivity contribution is 5.81. The maximum absolute atomic E-state index is 11.7. The van der Waals surface area contributed by atoms with Crippen LogP contribution < -0.4 is 10.6 Å². The van der Waals surface area contributed by atoms with Gasteiger partial charge in [-0.25, -0.2) is 0 Å². The zero-order valence-corrected chi connectivity index (χ0v) is 10.7. The number of rotatable bonds is 4. The molecule has 2 fully saturated rings. The number of nitrogens with one attached hydrogen (secondary N) is 2. The largest absolute Gasteiger partial charge is 0.353 e. The Morgan fingerprint density at radius 3 is 2.76 bits per heavy atom. The van der Waals surface area contributed by atoms with Crippen LogP contribution in [0.1, 0.15) is 12.8 Å². The van der Waals surface area contributed by atoms with Crippen molar-refractivity contribution in [3.8, 4) is 0 Å². The van der Waals surface area contributed by atoms with Crippen molar-refractivity contribution in [2.75, 3.05) is 52.9 Å². The molecule has 0 radical (unpaired) electrons. The highest BCUT2D eigenvalue weighted by Gasteiger charge is 2.21. The van der Waals surface area contributed by atoms with Crippen molar-refractivity contribution in [2.24, 2.45) is 0 Å². The predicted molar refractivity (Wildman–Crippen MR) is 68.0 cm³/mol. The van der Waals surface area contributed by atoms with Gasteiger partial charge in [-0.05, 0) is 26.4 Å². The fourth-order valence-corrected chi connectivity index (χ4v) is 2.44. The van der Waals surface area contributed by atoms with E-state index < -0.39 is 0 Å². The van der Waals surface area contributed by atoms with Gasteiger partial charge in [0, 0.05) is 39.3 Å². The zero-order valence-electron chi connectivity index (χ0n) is 10.7. The Morgan fingerprint density at radius 1 is 1.35 bits per heavy atom. The molecule has 2 aliphatic heterocycles. The van der Waals surface area contributed by atoms with Crippen molar-refractivity contribution in [3.05, 3.63) is 0 Å². The molecule has 2 aliphatic rings. The van der Waals surface area contributed by atoms with Gasteiger partial charge in [0.05, 0.1) is 6.04 Å². The van der Waals surface area contributed by atoms with E-state index in [0.717, 1.165) is 58.7 Å². The van der Waals surface area contributed by atoms with Crippen molar-refractivity contribution in [1.29, 1.82) is 0 Å². The van der Waals surface area contributed by atoms with Crippen LogP contribution in [0.2, 0.25) is 0 Å². The van der Waals surface area contributed by atoms with Crippen molar-refractivity contribution < 1.29 is 4.79 Å². The molecule has 0 aliphatic carbocycles. The van der Waals surface area contributed by atoms with Crippen LogP contribution in [0, 0.1) is 0 Å². The Hall–Kier alpha value is -0.650. The first kappa shape index (κ1) is 12.8. The second-order valence-electron chi connectivity index (χ2n) is 5.08. The number of piperazine rings is 1. The normalized spacial score (nSPS) is 27.2. The maximum atomic E-state index is 11.7. The predicted octanol–water partition coefficient (Wildman–Crippen LogP) is -0.898. The third-order valence-corrected chi connectivity index (χ3v) is 3.70. The van der Waals surface area contributed by atoms with Crippen molar-refractivity contribution in [2.45, 2.75) is 18.9 Å². The fourth-order valence-electron chi connectivity index (χ4n) is 2.44. The average Bonchev–Trinajstić information content (AvgIpc) is 2.85. The number of hydrogen-bond acceptors (Lipinski definition) is 4. The van der Waals surface area contributed by atoms with Crippen molar-refractivity contribution in [3.63, 3.8) is 0 Å². The summed E-state index contributed by atoms with van der Waals surface area (Å²) in [5.74, 6) is 0.177. The van der Waals surface area contributed by atoms with E-state index in [9.17, 15) is 4.79 Å². The van der Waals surface area contributed by atoms with Crippen LogP contribution in [-0.4, -0.2) is 74.6 Å². The van der Waals surface area contributed by atoms with Gasteiger partial charge in [0.1, 0.15) is 0 Å². The van der Waals surface area contributed by atoms with Crippen molar-refractivity contribution >= 4 is 5.91 Å². The summed E-state index contributed by atoms with van der Waals surface area (Å²) < 4.78 is 0. The molecule has 0 aromatic rings. The molecule has 0 aromatic heterocycles. The third-order valence-electron chi connectivity index (χ3n) is 3.70. The van der Waals surface area contributed by atoms with Crippen LogP contribution in [0.3, 0.4) is 0 Å². The van der Waals surface area contributed by atoms with Gasteiger partial charge in [-0.15, -0.1) is 0 Å². The summed E-state index contributed by atoms with van der Waals surface area (Å²) in [6, 6.07) is 0.0579. The quantitative estimate of drug-likeness (QED) is 0.669. The number of nitrogens with zero attached hydrogens (tertiary/aromatic N) is 2. The summed E-state index contributed by atoms with van der Waals surface area (Å²) in [5, 5.41) is 6.24. The third kappa shape index (κ3) is 3.94. The molecule has 0 unspecified atom stereocenters. The zero-order chi connectivity index (χ0) is 12.1. The summed E-state index contributed by atoms with van der Waals surface area (Å²) in [5.41, 5.74) is 0. The minimum atomic E-state index is 0.0579.